The highest BCUT2D eigenvalue weighted by atomic mass is 35.5. The molecule has 25 heavy (non-hydrogen) atoms. The molecule has 0 spiro atoms. The molecular formula is C17H13ClF2N4O. The third-order valence-corrected chi connectivity index (χ3v) is 3.85. The molecule has 0 aliphatic heterocycles. The van der Waals surface area contributed by atoms with Crippen molar-refractivity contribution in [1.29, 1.82) is 0 Å². The molecule has 0 saturated heterocycles. The Morgan fingerprint density at radius 3 is 2.76 bits per heavy atom. The standard InChI is InChI=1S/C17H13ClF2N4O/c1-10-16(22-23-24(10)14-4-2-3-12(18)7-14)17(25)21-9-11-5-6-13(19)8-15(11)20/h2-8H,9H2,1H3,(H,21,25). The summed E-state index contributed by atoms with van der Waals surface area (Å²) in [6.07, 6.45) is 0. The van der Waals surface area contributed by atoms with Gasteiger partial charge in [0.05, 0.1) is 11.4 Å². The lowest BCUT2D eigenvalue weighted by atomic mass is 10.2. The van der Waals surface area contributed by atoms with Crippen LogP contribution in [-0.2, 0) is 6.54 Å². The number of nitrogens with one attached hydrogen (secondary N) is 1. The summed E-state index contributed by atoms with van der Waals surface area (Å²) in [4.78, 5) is 12.3. The van der Waals surface area contributed by atoms with Gasteiger partial charge < -0.3 is 5.32 Å². The predicted octanol–water partition coefficient (Wildman–Crippen LogP) is 3.44. The molecular weight excluding hydrogens is 350 g/mol. The van der Waals surface area contributed by atoms with E-state index in [1.54, 1.807) is 31.2 Å². The van der Waals surface area contributed by atoms with Gasteiger partial charge in [-0.2, -0.15) is 0 Å². The number of rotatable bonds is 4. The van der Waals surface area contributed by atoms with Crippen LogP contribution in [0.4, 0.5) is 8.78 Å². The molecule has 128 valence electrons. The van der Waals surface area contributed by atoms with Gasteiger partial charge in [-0.15, -0.1) is 5.10 Å². The van der Waals surface area contributed by atoms with E-state index in [1.165, 1.54) is 10.7 Å². The maximum absolute atomic E-state index is 13.6. The number of hydrogen-bond acceptors (Lipinski definition) is 3. The smallest absolute Gasteiger partial charge is 0.274 e. The summed E-state index contributed by atoms with van der Waals surface area (Å²) in [5, 5.41) is 10.9. The first-order chi connectivity index (χ1) is 12.0. The van der Waals surface area contributed by atoms with E-state index >= 15 is 0 Å². The van der Waals surface area contributed by atoms with Crippen LogP contribution in [0.25, 0.3) is 5.69 Å². The molecule has 1 aromatic heterocycles. The third kappa shape index (κ3) is 3.66. The van der Waals surface area contributed by atoms with Crippen LogP contribution in [0, 0.1) is 18.6 Å². The highest BCUT2D eigenvalue weighted by Crippen LogP contribution is 2.17. The molecule has 3 aromatic rings. The molecule has 0 fully saturated rings. The minimum atomic E-state index is -0.723. The molecule has 2 aromatic carbocycles. The maximum Gasteiger partial charge on any atom is 0.274 e. The molecule has 8 heteroatoms. The van der Waals surface area contributed by atoms with E-state index in [0.717, 1.165) is 12.1 Å². The normalized spacial score (nSPS) is 10.7. The molecule has 0 aliphatic carbocycles. The number of benzene rings is 2. The third-order valence-electron chi connectivity index (χ3n) is 3.62. The first kappa shape index (κ1) is 17.0. The van der Waals surface area contributed by atoms with Crippen LogP contribution in [0.2, 0.25) is 5.02 Å². The predicted molar refractivity (Wildman–Crippen MR) is 88.6 cm³/mol. The molecule has 0 radical (unpaired) electrons. The van der Waals surface area contributed by atoms with Gasteiger partial charge in [-0.25, -0.2) is 13.5 Å². The van der Waals surface area contributed by atoms with Crippen LogP contribution in [0.5, 0.6) is 0 Å². The summed E-state index contributed by atoms with van der Waals surface area (Å²) in [6.45, 7) is 1.60. The fourth-order valence-corrected chi connectivity index (χ4v) is 2.50. The van der Waals surface area contributed by atoms with E-state index in [4.69, 9.17) is 11.6 Å². The molecule has 1 amide bonds. The van der Waals surface area contributed by atoms with Crippen molar-refractivity contribution in [1.82, 2.24) is 20.3 Å². The fraction of sp³-hybridized carbons (Fsp3) is 0.118. The SMILES string of the molecule is Cc1c(C(=O)NCc2ccc(F)cc2F)nnn1-c1cccc(Cl)c1. The van der Waals surface area contributed by atoms with Gasteiger partial charge in [0.25, 0.3) is 5.91 Å². The average Bonchev–Trinajstić information content (AvgIpc) is 2.95. The second-order valence-corrected chi connectivity index (χ2v) is 5.77. The summed E-state index contributed by atoms with van der Waals surface area (Å²) < 4.78 is 28.0. The van der Waals surface area contributed by atoms with E-state index in [0.29, 0.717) is 16.4 Å². The zero-order valence-electron chi connectivity index (χ0n) is 13.1. The Balaban J connectivity index is 1.77. The van der Waals surface area contributed by atoms with Crippen LogP contribution in [0.1, 0.15) is 21.7 Å². The van der Waals surface area contributed by atoms with Gasteiger partial charge in [0.2, 0.25) is 0 Å². The molecule has 1 heterocycles. The van der Waals surface area contributed by atoms with Crippen molar-refractivity contribution < 1.29 is 13.6 Å². The fourth-order valence-electron chi connectivity index (χ4n) is 2.32. The molecule has 0 aliphatic rings. The minimum absolute atomic E-state index is 0.0889. The van der Waals surface area contributed by atoms with E-state index in [1.807, 2.05) is 0 Å². The van der Waals surface area contributed by atoms with E-state index < -0.39 is 17.5 Å². The summed E-state index contributed by atoms with van der Waals surface area (Å²) in [5.41, 5.74) is 1.47. The van der Waals surface area contributed by atoms with E-state index in [2.05, 4.69) is 15.6 Å². The zero-order valence-corrected chi connectivity index (χ0v) is 13.9. The Kier molecular flexibility index (Phi) is 4.76. The van der Waals surface area contributed by atoms with Gasteiger partial charge >= 0.3 is 0 Å². The number of carbonyl (C=O) groups excluding carboxylic acids is 1. The minimum Gasteiger partial charge on any atom is -0.346 e. The Morgan fingerprint density at radius 2 is 2.04 bits per heavy atom. The van der Waals surface area contributed by atoms with Crippen molar-refractivity contribution in [2.24, 2.45) is 0 Å². The van der Waals surface area contributed by atoms with Crippen LogP contribution in [-0.4, -0.2) is 20.9 Å². The Bertz CT molecular complexity index is 942. The van der Waals surface area contributed by atoms with Crippen molar-refractivity contribution in [2.75, 3.05) is 0 Å². The molecule has 0 unspecified atom stereocenters. The lowest BCUT2D eigenvalue weighted by Gasteiger charge is -2.06. The van der Waals surface area contributed by atoms with Crippen molar-refractivity contribution in [2.45, 2.75) is 13.5 Å². The van der Waals surface area contributed by atoms with Crippen LogP contribution >= 0.6 is 11.6 Å². The second-order valence-electron chi connectivity index (χ2n) is 5.33. The average molecular weight is 363 g/mol. The highest BCUT2D eigenvalue weighted by Gasteiger charge is 2.17. The molecule has 0 bridgehead atoms. The summed E-state index contributed by atoms with van der Waals surface area (Å²) >= 11 is 5.96. The van der Waals surface area contributed by atoms with Crippen molar-refractivity contribution in [3.8, 4) is 5.69 Å². The number of carbonyl (C=O) groups is 1. The summed E-state index contributed by atoms with van der Waals surface area (Å²) in [6, 6.07) is 10.1. The van der Waals surface area contributed by atoms with Crippen LogP contribution in [0.3, 0.4) is 0 Å². The number of hydrogen-bond donors (Lipinski definition) is 1. The van der Waals surface area contributed by atoms with Gasteiger partial charge in [0.1, 0.15) is 11.6 Å². The number of amides is 1. The Labute approximate surface area is 147 Å². The largest absolute Gasteiger partial charge is 0.346 e. The van der Waals surface area contributed by atoms with Gasteiger partial charge in [0.15, 0.2) is 5.69 Å². The lowest BCUT2D eigenvalue weighted by molar-refractivity contribution is 0.0945. The van der Waals surface area contributed by atoms with E-state index in [9.17, 15) is 13.6 Å². The topological polar surface area (TPSA) is 59.8 Å². The second kappa shape index (κ2) is 6.98. The van der Waals surface area contributed by atoms with Crippen molar-refractivity contribution >= 4 is 17.5 Å². The molecule has 0 atom stereocenters. The van der Waals surface area contributed by atoms with Crippen LogP contribution in [0.15, 0.2) is 42.5 Å². The molecule has 0 saturated carbocycles. The summed E-state index contributed by atoms with van der Waals surface area (Å²) in [7, 11) is 0. The monoisotopic (exact) mass is 362 g/mol. The quantitative estimate of drug-likeness (QED) is 0.773. The van der Waals surface area contributed by atoms with Gasteiger partial charge in [-0.1, -0.05) is 28.9 Å². The first-order valence-electron chi connectivity index (χ1n) is 7.36. The Morgan fingerprint density at radius 1 is 1.24 bits per heavy atom. The first-order valence-corrected chi connectivity index (χ1v) is 7.74. The Hall–Kier alpha value is -2.80. The van der Waals surface area contributed by atoms with Gasteiger partial charge in [-0.05, 0) is 31.2 Å². The molecule has 3 rings (SSSR count). The maximum atomic E-state index is 13.6. The van der Waals surface area contributed by atoms with Crippen LogP contribution < -0.4 is 5.32 Å². The molecule has 1 N–H and O–H groups in total. The summed E-state index contributed by atoms with van der Waals surface area (Å²) in [5.74, 6) is -1.90. The number of nitrogens with zero attached hydrogens (tertiary/aromatic N) is 3. The number of aromatic nitrogens is 3. The lowest BCUT2D eigenvalue weighted by Crippen LogP contribution is -2.24. The van der Waals surface area contributed by atoms with E-state index in [-0.39, 0.29) is 17.8 Å². The zero-order chi connectivity index (χ0) is 18.0. The highest BCUT2D eigenvalue weighted by molar-refractivity contribution is 6.30. The van der Waals surface area contributed by atoms with Gasteiger partial charge in [0, 0.05) is 23.2 Å². The number of halogens is 3. The van der Waals surface area contributed by atoms with Crippen molar-refractivity contribution in [3.05, 3.63) is 76.1 Å². The van der Waals surface area contributed by atoms with Gasteiger partial charge in [-0.3, -0.25) is 4.79 Å². The molecule has 5 nitrogen and oxygen atoms in total. The van der Waals surface area contributed by atoms with Crippen molar-refractivity contribution in [3.63, 3.8) is 0 Å².